The third kappa shape index (κ3) is 11.5. The third-order valence-corrected chi connectivity index (χ3v) is 1.95. The maximum absolute atomic E-state index is 11.2. The summed E-state index contributed by atoms with van der Waals surface area (Å²) in [6, 6.07) is 0. The SMILES string of the molecule is CCCCOCCOCC(=O)NCC(C)C. The fourth-order valence-electron chi connectivity index (χ4n) is 1.00. The number of amides is 1. The van der Waals surface area contributed by atoms with E-state index in [0.717, 1.165) is 19.4 Å². The van der Waals surface area contributed by atoms with Crippen LogP contribution < -0.4 is 5.32 Å². The Morgan fingerprint density at radius 3 is 2.50 bits per heavy atom. The summed E-state index contributed by atoms with van der Waals surface area (Å²) >= 11 is 0. The number of carbonyl (C=O) groups is 1. The van der Waals surface area contributed by atoms with Gasteiger partial charge in [0.05, 0.1) is 13.2 Å². The molecule has 0 aliphatic carbocycles. The van der Waals surface area contributed by atoms with Crippen LogP contribution in [0.2, 0.25) is 0 Å². The first-order valence-electron chi connectivity index (χ1n) is 6.09. The molecular weight excluding hydrogens is 206 g/mol. The Bertz CT molecular complexity index is 172. The molecule has 0 atom stereocenters. The van der Waals surface area contributed by atoms with Gasteiger partial charge in [-0.3, -0.25) is 4.79 Å². The molecule has 0 rings (SSSR count). The summed E-state index contributed by atoms with van der Waals surface area (Å²) in [4.78, 5) is 11.2. The first-order chi connectivity index (χ1) is 7.66. The Balaban J connectivity index is 3.15. The zero-order chi connectivity index (χ0) is 12.2. The van der Waals surface area contributed by atoms with Crippen molar-refractivity contribution in [3.8, 4) is 0 Å². The lowest BCUT2D eigenvalue weighted by atomic mass is 10.2. The van der Waals surface area contributed by atoms with Crippen LogP contribution in [0, 0.1) is 5.92 Å². The first-order valence-corrected chi connectivity index (χ1v) is 6.09. The Morgan fingerprint density at radius 2 is 1.88 bits per heavy atom. The number of nitrogens with one attached hydrogen (secondary N) is 1. The number of hydrogen-bond acceptors (Lipinski definition) is 3. The summed E-state index contributed by atoms with van der Waals surface area (Å²) in [5.41, 5.74) is 0. The molecule has 0 aliphatic heterocycles. The van der Waals surface area contributed by atoms with Crippen molar-refractivity contribution < 1.29 is 14.3 Å². The van der Waals surface area contributed by atoms with E-state index in [1.165, 1.54) is 0 Å². The molecule has 0 fully saturated rings. The van der Waals surface area contributed by atoms with Crippen LogP contribution >= 0.6 is 0 Å². The number of hydrogen-bond donors (Lipinski definition) is 1. The lowest BCUT2D eigenvalue weighted by Crippen LogP contribution is -2.31. The minimum atomic E-state index is -0.0535. The highest BCUT2D eigenvalue weighted by atomic mass is 16.5. The van der Waals surface area contributed by atoms with Crippen LogP contribution in [0.15, 0.2) is 0 Å². The van der Waals surface area contributed by atoms with Crippen LogP contribution in [-0.4, -0.2) is 38.9 Å². The highest BCUT2D eigenvalue weighted by Crippen LogP contribution is 1.89. The van der Waals surface area contributed by atoms with Crippen molar-refractivity contribution in [1.29, 1.82) is 0 Å². The predicted octanol–water partition coefficient (Wildman–Crippen LogP) is 1.59. The van der Waals surface area contributed by atoms with Crippen molar-refractivity contribution in [3.63, 3.8) is 0 Å². The van der Waals surface area contributed by atoms with Gasteiger partial charge >= 0.3 is 0 Å². The molecule has 0 unspecified atom stereocenters. The smallest absolute Gasteiger partial charge is 0.246 e. The molecule has 0 aromatic rings. The second-order valence-electron chi connectivity index (χ2n) is 4.22. The largest absolute Gasteiger partial charge is 0.379 e. The van der Waals surface area contributed by atoms with E-state index in [1.807, 2.05) is 0 Å². The topological polar surface area (TPSA) is 47.6 Å². The van der Waals surface area contributed by atoms with Gasteiger partial charge in [-0.1, -0.05) is 27.2 Å². The Kier molecular flexibility index (Phi) is 10.5. The predicted molar refractivity (Wildman–Crippen MR) is 64.4 cm³/mol. The monoisotopic (exact) mass is 231 g/mol. The molecule has 0 aromatic heterocycles. The molecule has 0 heterocycles. The normalized spacial score (nSPS) is 10.8. The molecule has 4 heteroatoms. The fraction of sp³-hybridized carbons (Fsp3) is 0.917. The second-order valence-corrected chi connectivity index (χ2v) is 4.22. The molecule has 0 aromatic carbocycles. The van der Waals surface area contributed by atoms with Crippen molar-refractivity contribution in [1.82, 2.24) is 5.32 Å². The van der Waals surface area contributed by atoms with E-state index >= 15 is 0 Å². The minimum Gasteiger partial charge on any atom is -0.379 e. The Labute approximate surface area is 98.7 Å². The van der Waals surface area contributed by atoms with Gasteiger partial charge in [-0.25, -0.2) is 0 Å². The number of unbranched alkanes of at least 4 members (excludes halogenated alkanes) is 1. The molecule has 0 aliphatic rings. The summed E-state index contributed by atoms with van der Waals surface area (Å²) in [6.07, 6.45) is 2.22. The number of rotatable bonds is 10. The van der Waals surface area contributed by atoms with Crippen molar-refractivity contribution >= 4 is 5.91 Å². The maximum Gasteiger partial charge on any atom is 0.246 e. The van der Waals surface area contributed by atoms with Crippen LogP contribution in [0.3, 0.4) is 0 Å². The molecule has 0 radical (unpaired) electrons. The van der Waals surface area contributed by atoms with Crippen molar-refractivity contribution in [2.24, 2.45) is 5.92 Å². The van der Waals surface area contributed by atoms with Crippen molar-refractivity contribution in [2.45, 2.75) is 33.6 Å². The molecule has 0 saturated carbocycles. The van der Waals surface area contributed by atoms with Crippen LogP contribution in [0.1, 0.15) is 33.6 Å². The van der Waals surface area contributed by atoms with Gasteiger partial charge in [-0.05, 0) is 12.3 Å². The molecule has 16 heavy (non-hydrogen) atoms. The van der Waals surface area contributed by atoms with Crippen LogP contribution in [-0.2, 0) is 14.3 Å². The summed E-state index contributed by atoms with van der Waals surface area (Å²) in [5.74, 6) is 0.420. The van der Waals surface area contributed by atoms with E-state index in [0.29, 0.717) is 25.7 Å². The second kappa shape index (κ2) is 10.9. The molecule has 1 amide bonds. The molecule has 0 spiro atoms. The highest BCUT2D eigenvalue weighted by Gasteiger charge is 2.01. The van der Waals surface area contributed by atoms with Gasteiger partial charge in [0.1, 0.15) is 6.61 Å². The summed E-state index contributed by atoms with van der Waals surface area (Å²) in [5, 5.41) is 2.79. The van der Waals surface area contributed by atoms with Gasteiger partial charge in [-0.2, -0.15) is 0 Å². The minimum absolute atomic E-state index is 0.0535. The van der Waals surface area contributed by atoms with Gasteiger partial charge in [0, 0.05) is 13.2 Å². The zero-order valence-electron chi connectivity index (χ0n) is 10.8. The Morgan fingerprint density at radius 1 is 1.19 bits per heavy atom. The van der Waals surface area contributed by atoms with Gasteiger partial charge in [0.2, 0.25) is 5.91 Å². The zero-order valence-corrected chi connectivity index (χ0v) is 10.8. The van der Waals surface area contributed by atoms with Crippen LogP contribution in [0.25, 0.3) is 0 Å². The maximum atomic E-state index is 11.2. The van der Waals surface area contributed by atoms with E-state index in [4.69, 9.17) is 9.47 Å². The Hall–Kier alpha value is -0.610. The number of carbonyl (C=O) groups excluding carboxylic acids is 1. The van der Waals surface area contributed by atoms with Crippen LogP contribution in [0.4, 0.5) is 0 Å². The average Bonchev–Trinajstić information content (AvgIpc) is 2.25. The first kappa shape index (κ1) is 15.4. The molecule has 96 valence electrons. The van der Waals surface area contributed by atoms with Crippen molar-refractivity contribution in [2.75, 3.05) is 33.0 Å². The van der Waals surface area contributed by atoms with Crippen molar-refractivity contribution in [3.05, 3.63) is 0 Å². The van der Waals surface area contributed by atoms with Gasteiger partial charge < -0.3 is 14.8 Å². The highest BCUT2D eigenvalue weighted by molar-refractivity contribution is 5.77. The summed E-state index contributed by atoms with van der Waals surface area (Å²) in [6.45, 7) is 8.90. The molecule has 1 N–H and O–H groups in total. The van der Waals surface area contributed by atoms with E-state index < -0.39 is 0 Å². The fourth-order valence-corrected chi connectivity index (χ4v) is 1.00. The third-order valence-electron chi connectivity index (χ3n) is 1.95. The lowest BCUT2D eigenvalue weighted by Gasteiger charge is -2.08. The lowest BCUT2D eigenvalue weighted by molar-refractivity contribution is -0.126. The van der Waals surface area contributed by atoms with E-state index in [1.54, 1.807) is 0 Å². The quantitative estimate of drug-likeness (QED) is 0.581. The molecule has 0 bridgehead atoms. The van der Waals surface area contributed by atoms with E-state index in [9.17, 15) is 4.79 Å². The van der Waals surface area contributed by atoms with Gasteiger partial charge in [-0.15, -0.1) is 0 Å². The summed E-state index contributed by atoms with van der Waals surface area (Å²) in [7, 11) is 0. The summed E-state index contributed by atoms with van der Waals surface area (Å²) < 4.78 is 10.5. The van der Waals surface area contributed by atoms with Gasteiger partial charge in [0.15, 0.2) is 0 Å². The number of ether oxygens (including phenoxy) is 2. The van der Waals surface area contributed by atoms with E-state index in [-0.39, 0.29) is 12.5 Å². The van der Waals surface area contributed by atoms with Gasteiger partial charge in [0.25, 0.3) is 0 Å². The average molecular weight is 231 g/mol. The molecular formula is C12H25NO3. The van der Waals surface area contributed by atoms with E-state index in [2.05, 4.69) is 26.1 Å². The molecule has 0 saturated heterocycles. The standard InChI is InChI=1S/C12H25NO3/c1-4-5-6-15-7-8-16-10-12(14)13-9-11(2)3/h11H,4-10H2,1-3H3,(H,13,14). The molecule has 4 nitrogen and oxygen atoms in total. The van der Waals surface area contributed by atoms with Crippen LogP contribution in [0.5, 0.6) is 0 Å².